The third-order valence-corrected chi connectivity index (χ3v) is 2.95. The fourth-order valence-electron chi connectivity index (χ4n) is 1.83. The van der Waals surface area contributed by atoms with Gasteiger partial charge in [0.15, 0.2) is 0 Å². The lowest BCUT2D eigenvalue weighted by atomic mass is 10.1. The molecule has 1 unspecified atom stereocenters. The lowest BCUT2D eigenvalue weighted by molar-refractivity contribution is -0.125. The SMILES string of the molecule is CCN1CCC(CNC(=O)C(C)(C)N)C1. The van der Waals surface area contributed by atoms with E-state index in [9.17, 15) is 4.79 Å². The molecule has 1 atom stereocenters. The smallest absolute Gasteiger partial charge is 0.239 e. The summed E-state index contributed by atoms with van der Waals surface area (Å²) in [4.78, 5) is 13.9. The largest absolute Gasteiger partial charge is 0.354 e. The Balaban J connectivity index is 2.24. The van der Waals surface area contributed by atoms with Crippen LogP contribution in [0.25, 0.3) is 0 Å². The second-order valence-corrected chi connectivity index (χ2v) is 4.98. The molecule has 1 aliphatic heterocycles. The Hall–Kier alpha value is -0.610. The average molecular weight is 213 g/mol. The maximum absolute atomic E-state index is 11.5. The first-order valence-corrected chi connectivity index (χ1v) is 5.73. The van der Waals surface area contributed by atoms with Crippen molar-refractivity contribution in [3.05, 3.63) is 0 Å². The number of likely N-dealkylation sites (tertiary alicyclic amines) is 1. The second-order valence-electron chi connectivity index (χ2n) is 4.98. The summed E-state index contributed by atoms with van der Waals surface area (Å²) in [5.41, 5.74) is 4.93. The fourth-order valence-corrected chi connectivity index (χ4v) is 1.83. The molecule has 0 spiro atoms. The van der Waals surface area contributed by atoms with Crippen molar-refractivity contribution in [1.29, 1.82) is 0 Å². The molecule has 1 amide bonds. The number of hydrogen-bond acceptors (Lipinski definition) is 3. The van der Waals surface area contributed by atoms with Crippen LogP contribution in [0, 0.1) is 5.92 Å². The van der Waals surface area contributed by atoms with Gasteiger partial charge < -0.3 is 16.0 Å². The quantitative estimate of drug-likeness (QED) is 0.700. The van der Waals surface area contributed by atoms with Gasteiger partial charge in [-0.2, -0.15) is 0 Å². The van der Waals surface area contributed by atoms with E-state index in [-0.39, 0.29) is 5.91 Å². The molecule has 0 aliphatic carbocycles. The van der Waals surface area contributed by atoms with E-state index in [0.717, 1.165) is 26.2 Å². The van der Waals surface area contributed by atoms with Gasteiger partial charge in [-0.25, -0.2) is 0 Å². The summed E-state index contributed by atoms with van der Waals surface area (Å²) in [6.07, 6.45) is 1.18. The molecule has 1 saturated heterocycles. The minimum atomic E-state index is -0.761. The van der Waals surface area contributed by atoms with Crippen LogP contribution in [-0.4, -0.2) is 42.5 Å². The number of carbonyl (C=O) groups is 1. The maximum atomic E-state index is 11.5. The Morgan fingerprint density at radius 3 is 2.73 bits per heavy atom. The Morgan fingerprint density at radius 2 is 2.27 bits per heavy atom. The molecule has 4 heteroatoms. The minimum Gasteiger partial charge on any atom is -0.354 e. The van der Waals surface area contributed by atoms with Gasteiger partial charge in [0.2, 0.25) is 5.91 Å². The van der Waals surface area contributed by atoms with Gasteiger partial charge in [-0.1, -0.05) is 6.92 Å². The number of nitrogens with two attached hydrogens (primary N) is 1. The third kappa shape index (κ3) is 3.80. The van der Waals surface area contributed by atoms with Crippen LogP contribution in [0.4, 0.5) is 0 Å². The van der Waals surface area contributed by atoms with E-state index in [1.54, 1.807) is 13.8 Å². The predicted molar refractivity (Wildman–Crippen MR) is 61.5 cm³/mol. The molecule has 1 heterocycles. The summed E-state index contributed by atoms with van der Waals surface area (Å²) in [5, 5.41) is 2.92. The van der Waals surface area contributed by atoms with Gasteiger partial charge in [0.25, 0.3) is 0 Å². The van der Waals surface area contributed by atoms with Gasteiger partial charge in [0.05, 0.1) is 5.54 Å². The number of hydrogen-bond donors (Lipinski definition) is 2. The highest BCUT2D eigenvalue weighted by Gasteiger charge is 2.25. The van der Waals surface area contributed by atoms with E-state index >= 15 is 0 Å². The molecule has 1 aliphatic rings. The molecule has 0 aromatic rings. The minimum absolute atomic E-state index is 0.0579. The van der Waals surface area contributed by atoms with Crippen molar-refractivity contribution in [3.8, 4) is 0 Å². The zero-order valence-corrected chi connectivity index (χ0v) is 10.0. The lowest BCUT2D eigenvalue weighted by Crippen LogP contribution is -2.50. The summed E-state index contributed by atoms with van der Waals surface area (Å²) in [6.45, 7) is 9.75. The topological polar surface area (TPSA) is 58.4 Å². The van der Waals surface area contributed by atoms with Crippen molar-refractivity contribution in [3.63, 3.8) is 0 Å². The molecule has 88 valence electrons. The van der Waals surface area contributed by atoms with Crippen LogP contribution >= 0.6 is 0 Å². The molecule has 4 nitrogen and oxygen atoms in total. The average Bonchev–Trinajstić information content (AvgIpc) is 2.60. The van der Waals surface area contributed by atoms with Crippen LogP contribution in [0.2, 0.25) is 0 Å². The zero-order chi connectivity index (χ0) is 11.5. The Bertz CT molecular complexity index is 222. The van der Waals surface area contributed by atoms with Crippen LogP contribution in [0.15, 0.2) is 0 Å². The summed E-state index contributed by atoms with van der Waals surface area (Å²) in [5.74, 6) is 0.536. The zero-order valence-electron chi connectivity index (χ0n) is 10.0. The van der Waals surface area contributed by atoms with Crippen LogP contribution in [0.3, 0.4) is 0 Å². The van der Waals surface area contributed by atoms with Crippen LogP contribution in [-0.2, 0) is 4.79 Å². The number of nitrogens with one attached hydrogen (secondary N) is 1. The fraction of sp³-hybridized carbons (Fsp3) is 0.909. The van der Waals surface area contributed by atoms with Crippen molar-refractivity contribution in [2.45, 2.75) is 32.7 Å². The third-order valence-electron chi connectivity index (χ3n) is 2.95. The molecule has 3 N–H and O–H groups in total. The molecule has 1 fully saturated rings. The van der Waals surface area contributed by atoms with Crippen LogP contribution in [0.1, 0.15) is 27.2 Å². The highest BCUT2D eigenvalue weighted by Crippen LogP contribution is 2.14. The molecule has 15 heavy (non-hydrogen) atoms. The second kappa shape index (κ2) is 4.94. The molecule has 0 radical (unpaired) electrons. The van der Waals surface area contributed by atoms with Gasteiger partial charge in [0.1, 0.15) is 0 Å². The molecular formula is C11H23N3O. The highest BCUT2D eigenvalue weighted by atomic mass is 16.2. The normalized spacial score (nSPS) is 23.1. The Labute approximate surface area is 92.2 Å². The number of carbonyl (C=O) groups excluding carboxylic acids is 1. The van der Waals surface area contributed by atoms with E-state index in [1.807, 2.05) is 0 Å². The maximum Gasteiger partial charge on any atom is 0.239 e. The predicted octanol–water partition coefficient (Wildman–Crippen LogP) is 0.182. The van der Waals surface area contributed by atoms with E-state index in [2.05, 4.69) is 17.1 Å². The van der Waals surface area contributed by atoms with Crippen molar-refractivity contribution in [2.24, 2.45) is 11.7 Å². The first-order valence-electron chi connectivity index (χ1n) is 5.73. The molecule has 1 rings (SSSR count). The summed E-state index contributed by atoms with van der Waals surface area (Å²) >= 11 is 0. The van der Waals surface area contributed by atoms with Crippen LogP contribution in [0.5, 0.6) is 0 Å². The van der Waals surface area contributed by atoms with Crippen molar-refractivity contribution in [1.82, 2.24) is 10.2 Å². The van der Waals surface area contributed by atoms with Gasteiger partial charge in [-0.3, -0.25) is 4.79 Å². The first kappa shape index (κ1) is 12.5. The van der Waals surface area contributed by atoms with E-state index in [1.165, 1.54) is 6.42 Å². The summed E-state index contributed by atoms with van der Waals surface area (Å²) < 4.78 is 0. The van der Waals surface area contributed by atoms with Crippen molar-refractivity contribution >= 4 is 5.91 Å². The molecule has 0 aromatic heterocycles. The number of rotatable bonds is 4. The standard InChI is InChI=1S/C11H23N3O/c1-4-14-6-5-9(8-14)7-13-10(15)11(2,3)12/h9H,4-8,12H2,1-3H3,(H,13,15). The monoisotopic (exact) mass is 213 g/mol. The lowest BCUT2D eigenvalue weighted by Gasteiger charge is -2.20. The summed E-state index contributed by atoms with van der Waals surface area (Å²) in [6, 6.07) is 0. The Kier molecular flexibility index (Phi) is 4.11. The first-order chi connectivity index (χ1) is 6.93. The van der Waals surface area contributed by atoms with Gasteiger partial charge in [-0.15, -0.1) is 0 Å². The Morgan fingerprint density at radius 1 is 1.60 bits per heavy atom. The van der Waals surface area contributed by atoms with Crippen molar-refractivity contribution in [2.75, 3.05) is 26.2 Å². The van der Waals surface area contributed by atoms with E-state index < -0.39 is 5.54 Å². The molecular weight excluding hydrogens is 190 g/mol. The van der Waals surface area contributed by atoms with Gasteiger partial charge in [-0.05, 0) is 39.3 Å². The number of amides is 1. The number of nitrogens with zero attached hydrogens (tertiary/aromatic N) is 1. The van der Waals surface area contributed by atoms with E-state index in [0.29, 0.717) is 5.92 Å². The van der Waals surface area contributed by atoms with Crippen LogP contribution < -0.4 is 11.1 Å². The van der Waals surface area contributed by atoms with Crippen molar-refractivity contribution < 1.29 is 4.79 Å². The highest BCUT2D eigenvalue weighted by molar-refractivity contribution is 5.84. The van der Waals surface area contributed by atoms with E-state index in [4.69, 9.17) is 5.73 Å². The molecule has 0 saturated carbocycles. The summed E-state index contributed by atoms with van der Waals surface area (Å²) in [7, 11) is 0. The molecule has 0 bridgehead atoms. The molecule has 0 aromatic carbocycles. The van der Waals surface area contributed by atoms with Gasteiger partial charge >= 0.3 is 0 Å². The van der Waals surface area contributed by atoms with Gasteiger partial charge in [0, 0.05) is 13.1 Å².